The first-order valence-corrected chi connectivity index (χ1v) is 8.77. The van der Waals surface area contributed by atoms with Gasteiger partial charge in [0.1, 0.15) is 0 Å². The summed E-state index contributed by atoms with van der Waals surface area (Å²) < 4.78 is 11.9. The van der Waals surface area contributed by atoms with E-state index in [0.717, 1.165) is 25.7 Å². The average molecular weight is 248 g/mol. The van der Waals surface area contributed by atoms with Gasteiger partial charge in [-0.05, 0) is 12.8 Å². The van der Waals surface area contributed by atoms with Crippen LogP contribution in [-0.2, 0) is 4.57 Å². The van der Waals surface area contributed by atoms with Gasteiger partial charge in [-0.3, -0.25) is 4.57 Å². The summed E-state index contributed by atoms with van der Waals surface area (Å²) in [5.74, 6) is 0. The molecule has 0 amide bonds. The number of rotatable bonds is 10. The molecule has 0 aromatic carbocycles. The third kappa shape index (κ3) is 7.46. The van der Waals surface area contributed by atoms with Gasteiger partial charge < -0.3 is 4.89 Å². The van der Waals surface area contributed by atoms with Crippen molar-refractivity contribution >= 4 is 7.37 Å². The van der Waals surface area contributed by atoms with Gasteiger partial charge in [-0.25, -0.2) is 0 Å². The summed E-state index contributed by atoms with van der Waals surface area (Å²) in [5.41, 5.74) is 0.000626. The lowest BCUT2D eigenvalue weighted by Gasteiger charge is -2.18. The molecular formula is C13H29O2P. The third-order valence-corrected chi connectivity index (χ3v) is 5.84. The summed E-state index contributed by atoms with van der Waals surface area (Å²) in [6.07, 6.45) is 9.46. The van der Waals surface area contributed by atoms with Crippen molar-refractivity contribution < 1.29 is 9.46 Å². The highest BCUT2D eigenvalue weighted by atomic mass is 31.2. The fraction of sp³-hybridized carbons (Fsp3) is 1.00. The van der Waals surface area contributed by atoms with Gasteiger partial charge in [-0.15, -0.1) is 0 Å². The van der Waals surface area contributed by atoms with Crippen molar-refractivity contribution in [3.05, 3.63) is 0 Å². The molecule has 0 aliphatic rings. The molecule has 0 heterocycles. The fourth-order valence-corrected chi connectivity index (χ4v) is 3.65. The summed E-state index contributed by atoms with van der Waals surface area (Å²) in [7, 11) is -2.86. The molecule has 2 nitrogen and oxygen atoms in total. The van der Waals surface area contributed by atoms with Crippen molar-refractivity contribution in [3.63, 3.8) is 0 Å². The Balaban J connectivity index is 3.69. The van der Waals surface area contributed by atoms with E-state index in [4.69, 9.17) is 0 Å². The zero-order valence-electron chi connectivity index (χ0n) is 11.2. The molecule has 2 unspecified atom stereocenters. The van der Waals surface area contributed by atoms with E-state index in [1.165, 1.54) is 25.7 Å². The van der Waals surface area contributed by atoms with Crippen LogP contribution in [0.15, 0.2) is 0 Å². The Morgan fingerprint density at radius 1 is 1.00 bits per heavy atom. The standard InChI is InChI=1S/C13H29O2P/c1-4-6-8-9-10-11-13(3)16(14,15)12-7-5-2/h13H,4-12H2,1-3H3,(H,14,15). The highest BCUT2D eigenvalue weighted by Gasteiger charge is 2.25. The van der Waals surface area contributed by atoms with Crippen molar-refractivity contribution in [2.75, 3.05) is 6.16 Å². The molecule has 0 saturated heterocycles. The smallest absolute Gasteiger partial charge is 0.203 e. The van der Waals surface area contributed by atoms with Crippen molar-refractivity contribution in [2.45, 2.75) is 77.8 Å². The second-order valence-electron chi connectivity index (χ2n) is 4.88. The van der Waals surface area contributed by atoms with Crippen molar-refractivity contribution in [1.29, 1.82) is 0 Å². The maximum absolute atomic E-state index is 11.9. The lowest BCUT2D eigenvalue weighted by Crippen LogP contribution is -2.06. The minimum atomic E-state index is -2.86. The van der Waals surface area contributed by atoms with E-state index in [1.54, 1.807) is 0 Å². The van der Waals surface area contributed by atoms with E-state index >= 15 is 0 Å². The second kappa shape index (κ2) is 9.24. The van der Waals surface area contributed by atoms with Crippen LogP contribution < -0.4 is 0 Å². The molecule has 0 fully saturated rings. The van der Waals surface area contributed by atoms with Gasteiger partial charge in [0.05, 0.1) is 0 Å². The van der Waals surface area contributed by atoms with Crippen LogP contribution in [0.25, 0.3) is 0 Å². The van der Waals surface area contributed by atoms with E-state index in [0.29, 0.717) is 6.16 Å². The van der Waals surface area contributed by atoms with Gasteiger partial charge in [0.25, 0.3) is 0 Å². The molecule has 3 heteroatoms. The molecule has 0 bridgehead atoms. The molecule has 0 saturated carbocycles. The lowest BCUT2D eigenvalue weighted by atomic mass is 10.1. The van der Waals surface area contributed by atoms with Gasteiger partial charge in [-0.2, -0.15) is 0 Å². The fourth-order valence-electron chi connectivity index (χ4n) is 1.85. The molecule has 2 atom stereocenters. The first-order valence-electron chi connectivity index (χ1n) is 6.86. The topological polar surface area (TPSA) is 37.3 Å². The van der Waals surface area contributed by atoms with Crippen molar-refractivity contribution in [1.82, 2.24) is 0 Å². The molecule has 0 aliphatic heterocycles. The van der Waals surface area contributed by atoms with Crippen LogP contribution >= 0.6 is 7.37 Å². The Bertz CT molecular complexity index is 204. The Labute approximate surface area is 101 Å². The van der Waals surface area contributed by atoms with Gasteiger partial charge in [0, 0.05) is 11.8 Å². The summed E-state index contributed by atoms with van der Waals surface area (Å²) in [6.45, 7) is 6.21. The molecule has 1 N–H and O–H groups in total. The predicted molar refractivity (Wildman–Crippen MR) is 72.4 cm³/mol. The van der Waals surface area contributed by atoms with Gasteiger partial charge in [0.2, 0.25) is 7.37 Å². The molecule has 0 radical (unpaired) electrons. The second-order valence-corrected chi connectivity index (χ2v) is 7.72. The van der Waals surface area contributed by atoms with Crippen LogP contribution in [0.2, 0.25) is 0 Å². The molecule has 0 rings (SSSR count). The maximum Gasteiger partial charge on any atom is 0.203 e. The number of unbranched alkanes of at least 4 members (excludes halogenated alkanes) is 5. The van der Waals surface area contributed by atoms with Crippen LogP contribution in [0.1, 0.15) is 72.1 Å². The largest absolute Gasteiger partial charge is 0.344 e. The number of hydrogen-bond donors (Lipinski definition) is 1. The first kappa shape index (κ1) is 16.2. The minimum Gasteiger partial charge on any atom is -0.344 e. The Kier molecular flexibility index (Phi) is 9.35. The minimum absolute atomic E-state index is 0.000626. The predicted octanol–water partition coefficient (Wildman–Crippen LogP) is 4.81. The molecule has 0 aliphatic carbocycles. The highest BCUT2D eigenvalue weighted by molar-refractivity contribution is 7.58. The third-order valence-electron chi connectivity index (χ3n) is 3.25. The summed E-state index contributed by atoms with van der Waals surface area (Å²) in [4.78, 5) is 9.87. The van der Waals surface area contributed by atoms with Crippen LogP contribution in [0.5, 0.6) is 0 Å². The van der Waals surface area contributed by atoms with Gasteiger partial charge in [0.15, 0.2) is 0 Å². The zero-order chi connectivity index (χ0) is 12.4. The summed E-state index contributed by atoms with van der Waals surface area (Å²) in [5, 5.41) is 0. The quantitative estimate of drug-likeness (QED) is 0.445. The Hall–Kier alpha value is 0.190. The van der Waals surface area contributed by atoms with Gasteiger partial charge in [-0.1, -0.05) is 59.3 Å². The normalized spacial score (nSPS) is 17.0. The summed E-state index contributed by atoms with van der Waals surface area (Å²) in [6, 6.07) is 0. The first-order chi connectivity index (χ1) is 7.54. The van der Waals surface area contributed by atoms with E-state index in [-0.39, 0.29) is 5.66 Å². The Morgan fingerprint density at radius 3 is 2.12 bits per heavy atom. The lowest BCUT2D eigenvalue weighted by molar-refractivity contribution is 0.454. The van der Waals surface area contributed by atoms with Crippen LogP contribution in [-0.4, -0.2) is 16.7 Å². The SMILES string of the molecule is CCCCCCCC(C)P(=O)(O)CCCC. The zero-order valence-corrected chi connectivity index (χ0v) is 12.1. The van der Waals surface area contributed by atoms with E-state index < -0.39 is 7.37 Å². The highest BCUT2D eigenvalue weighted by Crippen LogP contribution is 2.48. The molecular weight excluding hydrogens is 219 g/mol. The molecule has 0 spiro atoms. The molecule has 16 heavy (non-hydrogen) atoms. The van der Waals surface area contributed by atoms with Crippen molar-refractivity contribution in [3.8, 4) is 0 Å². The summed E-state index contributed by atoms with van der Waals surface area (Å²) >= 11 is 0. The van der Waals surface area contributed by atoms with E-state index in [9.17, 15) is 9.46 Å². The molecule has 98 valence electrons. The average Bonchev–Trinajstić information content (AvgIpc) is 2.26. The van der Waals surface area contributed by atoms with Crippen LogP contribution in [0, 0.1) is 0 Å². The van der Waals surface area contributed by atoms with Crippen LogP contribution in [0.3, 0.4) is 0 Å². The van der Waals surface area contributed by atoms with Crippen LogP contribution in [0.4, 0.5) is 0 Å². The van der Waals surface area contributed by atoms with E-state index in [1.807, 2.05) is 6.92 Å². The maximum atomic E-state index is 11.9. The molecule has 0 aromatic heterocycles. The molecule has 0 aromatic rings. The monoisotopic (exact) mass is 248 g/mol. The van der Waals surface area contributed by atoms with Crippen molar-refractivity contribution in [2.24, 2.45) is 0 Å². The van der Waals surface area contributed by atoms with E-state index in [2.05, 4.69) is 13.8 Å². The Morgan fingerprint density at radius 2 is 1.56 bits per heavy atom. The number of hydrogen-bond acceptors (Lipinski definition) is 1. The van der Waals surface area contributed by atoms with Gasteiger partial charge >= 0.3 is 0 Å².